The van der Waals surface area contributed by atoms with E-state index in [0.29, 0.717) is 25.8 Å². The summed E-state index contributed by atoms with van der Waals surface area (Å²) in [5.41, 5.74) is 0. The monoisotopic (exact) mass is 549 g/mol. The predicted octanol–water partition coefficient (Wildman–Crippen LogP) is 2.02. The first-order chi connectivity index (χ1) is 18.3. The first-order valence-corrected chi connectivity index (χ1v) is 14.7. The van der Waals surface area contributed by atoms with Crippen molar-refractivity contribution >= 4 is 29.5 Å². The zero-order valence-corrected chi connectivity index (χ0v) is 25.3. The number of hydrogen-bond acceptors (Lipinski definition) is 5. The van der Waals surface area contributed by atoms with Gasteiger partial charge >= 0.3 is 0 Å². The number of hydrogen-bond donors (Lipinski definition) is 2. The average molecular weight is 550 g/mol. The molecule has 5 amide bonds. The lowest BCUT2D eigenvalue weighted by Crippen LogP contribution is -2.57. The van der Waals surface area contributed by atoms with Crippen LogP contribution < -0.4 is 10.6 Å². The van der Waals surface area contributed by atoms with E-state index in [9.17, 15) is 24.0 Å². The zero-order valence-electron chi connectivity index (χ0n) is 25.3. The van der Waals surface area contributed by atoms with Gasteiger partial charge in [-0.15, -0.1) is 0 Å². The Kier molecular flexibility index (Phi) is 12.2. The molecule has 39 heavy (non-hydrogen) atoms. The van der Waals surface area contributed by atoms with E-state index >= 15 is 0 Å². The van der Waals surface area contributed by atoms with E-state index in [2.05, 4.69) is 10.6 Å². The molecule has 2 N–H and O–H groups in total. The molecule has 2 fully saturated rings. The molecule has 5 atom stereocenters. The topological polar surface area (TPSA) is 119 Å². The van der Waals surface area contributed by atoms with Crippen molar-refractivity contribution in [3.8, 4) is 0 Å². The van der Waals surface area contributed by atoms with Gasteiger partial charge in [0.1, 0.15) is 18.1 Å². The molecule has 1 heterocycles. The second-order valence-electron chi connectivity index (χ2n) is 12.1. The molecule has 1 aliphatic carbocycles. The van der Waals surface area contributed by atoms with Crippen LogP contribution >= 0.6 is 0 Å². The summed E-state index contributed by atoms with van der Waals surface area (Å²) in [7, 11) is 3.18. The number of likely N-dealkylation sites (N-methyl/N-ethyl adjacent to an activating group) is 3. The Hall–Kier alpha value is -2.65. The number of likely N-dealkylation sites (tertiary alicyclic amines) is 1. The smallest absolute Gasteiger partial charge is 0.245 e. The van der Waals surface area contributed by atoms with E-state index in [4.69, 9.17) is 0 Å². The van der Waals surface area contributed by atoms with E-state index in [1.165, 1.54) is 9.80 Å². The standard InChI is InChI=1S/C29H51N5O5/c1-9-30-26(36)24(16-19(4)5)33(8)29(39)23(15-18(2)3)31-25(35)20(6)32(7)27(37)21-17-22(21)28(38)34-13-11-10-12-14-34/h18-24H,9-17H2,1-8H3,(H,30,36)(H,31,35)/t20-,21?,22?,23?,24+/m1/s1. The third-order valence-corrected chi connectivity index (χ3v) is 7.89. The van der Waals surface area contributed by atoms with Crippen LogP contribution in [0.2, 0.25) is 0 Å². The molecule has 222 valence electrons. The highest BCUT2D eigenvalue weighted by molar-refractivity contribution is 5.96. The molecule has 0 aromatic carbocycles. The molecule has 1 saturated heterocycles. The fourth-order valence-electron chi connectivity index (χ4n) is 5.28. The van der Waals surface area contributed by atoms with Crippen molar-refractivity contribution in [1.82, 2.24) is 25.3 Å². The number of nitrogens with zero attached hydrogens (tertiary/aromatic N) is 3. The van der Waals surface area contributed by atoms with Gasteiger partial charge in [0.15, 0.2) is 0 Å². The lowest BCUT2D eigenvalue weighted by Gasteiger charge is -2.33. The SMILES string of the molecule is CCNC(=O)[C@H](CC(C)C)N(C)C(=O)C(CC(C)C)NC(=O)[C@@H](C)N(C)C(=O)C1CC1C(=O)N1CCCCC1. The Morgan fingerprint density at radius 1 is 0.821 bits per heavy atom. The number of amides is 5. The third-order valence-electron chi connectivity index (χ3n) is 7.89. The Bertz CT molecular complexity index is 885. The maximum atomic E-state index is 13.6. The predicted molar refractivity (Wildman–Crippen MR) is 150 cm³/mol. The first kappa shape index (κ1) is 32.6. The molecule has 10 heteroatoms. The van der Waals surface area contributed by atoms with Crippen molar-refractivity contribution in [2.24, 2.45) is 23.7 Å². The average Bonchev–Trinajstić information content (AvgIpc) is 3.70. The fourth-order valence-corrected chi connectivity index (χ4v) is 5.28. The summed E-state index contributed by atoms with van der Waals surface area (Å²) in [6.45, 7) is 13.4. The van der Waals surface area contributed by atoms with Gasteiger partial charge in [0.05, 0.1) is 11.8 Å². The highest BCUT2D eigenvalue weighted by Gasteiger charge is 2.51. The van der Waals surface area contributed by atoms with Crippen LogP contribution in [0.15, 0.2) is 0 Å². The van der Waals surface area contributed by atoms with Gasteiger partial charge in [-0.2, -0.15) is 0 Å². The van der Waals surface area contributed by atoms with Crippen molar-refractivity contribution in [1.29, 1.82) is 0 Å². The van der Waals surface area contributed by atoms with E-state index in [1.54, 1.807) is 21.0 Å². The summed E-state index contributed by atoms with van der Waals surface area (Å²) in [4.78, 5) is 70.2. The van der Waals surface area contributed by atoms with Gasteiger partial charge in [-0.1, -0.05) is 27.7 Å². The molecular weight excluding hydrogens is 498 g/mol. The Morgan fingerprint density at radius 3 is 1.95 bits per heavy atom. The summed E-state index contributed by atoms with van der Waals surface area (Å²) in [6, 6.07) is -2.28. The second-order valence-corrected chi connectivity index (χ2v) is 12.1. The normalized spacial score (nSPS) is 21.1. The van der Waals surface area contributed by atoms with Crippen LogP contribution in [-0.2, 0) is 24.0 Å². The minimum Gasteiger partial charge on any atom is -0.355 e. The van der Waals surface area contributed by atoms with Crippen LogP contribution in [0.3, 0.4) is 0 Å². The van der Waals surface area contributed by atoms with E-state index < -0.39 is 30.0 Å². The summed E-state index contributed by atoms with van der Waals surface area (Å²) < 4.78 is 0. The molecule has 3 unspecified atom stereocenters. The highest BCUT2D eigenvalue weighted by Crippen LogP contribution is 2.42. The van der Waals surface area contributed by atoms with E-state index in [1.807, 2.05) is 39.5 Å². The van der Waals surface area contributed by atoms with Gasteiger partial charge in [-0.3, -0.25) is 24.0 Å². The third kappa shape index (κ3) is 8.93. The van der Waals surface area contributed by atoms with Crippen molar-refractivity contribution in [3.63, 3.8) is 0 Å². The lowest BCUT2D eigenvalue weighted by atomic mass is 9.98. The van der Waals surface area contributed by atoms with Crippen LogP contribution in [0, 0.1) is 23.7 Å². The molecule has 0 bridgehead atoms. The van der Waals surface area contributed by atoms with Gasteiger partial charge < -0.3 is 25.3 Å². The summed E-state index contributed by atoms with van der Waals surface area (Å²) in [6.07, 6.45) is 4.55. The van der Waals surface area contributed by atoms with Gasteiger partial charge in [0.2, 0.25) is 29.5 Å². The van der Waals surface area contributed by atoms with E-state index in [-0.39, 0.29) is 41.4 Å². The van der Waals surface area contributed by atoms with Crippen LogP contribution in [0.1, 0.15) is 80.1 Å². The summed E-state index contributed by atoms with van der Waals surface area (Å²) in [5.74, 6) is -1.54. The molecular formula is C29H51N5O5. The van der Waals surface area contributed by atoms with Gasteiger partial charge in [0.25, 0.3) is 0 Å². The number of nitrogens with one attached hydrogen (secondary N) is 2. The number of rotatable bonds is 13. The Balaban J connectivity index is 2.05. The van der Waals surface area contributed by atoms with Crippen LogP contribution in [0.25, 0.3) is 0 Å². The number of carbonyl (C=O) groups excluding carboxylic acids is 5. The summed E-state index contributed by atoms with van der Waals surface area (Å²) >= 11 is 0. The van der Waals surface area contributed by atoms with Gasteiger partial charge in [-0.25, -0.2) is 0 Å². The largest absolute Gasteiger partial charge is 0.355 e. The number of carbonyl (C=O) groups is 5. The van der Waals surface area contributed by atoms with Gasteiger partial charge in [-0.05, 0) is 64.2 Å². The molecule has 0 radical (unpaired) electrons. The number of piperidine rings is 1. The van der Waals surface area contributed by atoms with Crippen molar-refractivity contribution in [3.05, 3.63) is 0 Å². The van der Waals surface area contributed by atoms with Crippen LogP contribution in [0.4, 0.5) is 0 Å². The minimum absolute atomic E-state index is 0.0484. The molecule has 2 aliphatic rings. The second kappa shape index (κ2) is 14.7. The lowest BCUT2D eigenvalue weighted by molar-refractivity contribution is -0.145. The Morgan fingerprint density at radius 2 is 1.41 bits per heavy atom. The molecule has 1 aliphatic heterocycles. The van der Waals surface area contributed by atoms with Crippen molar-refractivity contribution in [2.75, 3.05) is 33.7 Å². The van der Waals surface area contributed by atoms with Crippen LogP contribution in [-0.4, -0.2) is 96.1 Å². The Labute approximate surface area is 234 Å². The van der Waals surface area contributed by atoms with Crippen molar-refractivity contribution < 1.29 is 24.0 Å². The minimum atomic E-state index is -0.827. The molecule has 0 aromatic rings. The zero-order chi connectivity index (χ0) is 29.4. The quantitative estimate of drug-likeness (QED) is 0.364. The fraction of sp³-hybridized carbons (Fsp3) is 0.828. The highest BCUT2D eigenvalue weighted by atomic mass is 16.2. The van der Waals surface area contributed by atoms with Gasteiger partial charge in [0, 0.05) is 33.7 Å². The summed E-state index contributed by atoms with van der Waals surface area (Å²) in [5, 5.41) is 5.67. The molecule has 10 nitrogen and oxygen atoms in total. The maximum absolute atomic E-state index is 13.6. The molecule has 0 aromatic heterocycles. The molecule has 0 spiro atoms. The van der Waals surface area contributed by atoms with Crippen molar-refractivity contribution in [2.45, 2.75) is 98.2 Å². The molecule has 2 rings (SSSR count). The van der Waals surface area contributed by atoms with Crippen LogP contribution in [0.5, 0.6) is 0 Å². The maximum Gasteiger partial charge on any atom is 0.245 e. The van der Waals surface area contributed by atoms with E-state index in [0.717, 1.165) is 32.4 Å². The molecule has 1 saturated carbocycles. The first-order valence-electron chi connectivity index (χ1n) is 14.7.